The summed E-state index contributed by atoms with van der Waals surface area (Å²) in [5, 5.41) is 3.14. The van der Waals surface area contributed by atoms with E-state index in [1.54, 1.807) is 31.2 Å². The van der Waals surface area contributed by atoms with Gasteiger partial charge in [0.05, 0.1) is 10.0 Å². The van der Waals surface area contributed by atoms with Crippen molar-refractivity contribution in [2.45, 2.75) is 18.4 Å². The van der Waals surface area contributed by atoms with Gasteiger partial charge in [0.15, 0.2) is 0 Å². The van der Waals surface area contributed by atoms with Crippen molar-refractivity contribution >= 4 is 38.6 Å². The molecule has 2 N–H and O–H groups in total. The first-order valence-electron chi connectivity index (χ1n) is 6.09. The molecule has 0 saturated carbocycles. The van der Waals surface area contributed by atoms with E-state index >= 15 is 0 Å². The van der Waals surface area contributed by atoms with Crippen LogP contribution in [0.2, 0.25) is 4.34 Å². The van der Waals surface area contributed by atoms with E-state index in [4.69, 9.17) is 11.6 Å². The molecule has 0 saturated heterocycles. The molecule has 0 bridgehead atoms. The lowest BCUT2D eigenvalue weighted by Gasteiger charge is -2.12. The smallest absolute Gasteiger partial charge is 0.242 e. The summed E-state index contributed by atoms with van der Waals surface area (Å²) in [6.07, 6.45) is 0. The molecule has 0 radical (unpaired) electrons. The number of benzene rings is 1. The van der Waals surface area contributed by atoms with Crippen molar-refractivity contribution in [1.29, 1.82) is 0 Å². The van der Waals surface area contributed by atoms with Gasteiger partial charge in [-0.05, 0) is 24.3 Å². The zero-order valence-corrected chi connectivity index (χ0v) is 13.3. The molecule has 0 aliphatic rings. The maximum absolute atomic E-state index is 12.1. The van der Waals surface area contributed by atoms with E-state index in [9.17, 15) is 8.42 Å². The van der Waals surface area contributed by atoms with E-state index in [0.717, 1.165) is 9.21 Å². The average molecular weight is 331 g/mol. The SMILES string of the molecule is CCNS(=O)(=O)c1ccccc1NCc1ccc(Cl)s1. The number of sulfonamides is 1. The molecule has 108 valence electrons. The molecular formula is C13H15ClN2O2S2. The van der Waals surface area contributed by atoms with Gasteiger partial charge in [-0.1, -0.05) is 30.7 Å². The Morgan fingerprint density at radius 2 is 1.95 bits per heavy atom. The molecule has 2 rings (SSSR count). The molecular weight excluding hydrogens is 316 g/mol. The first-order chi connectivity index (χ1) is 9.53. The van der Waals surface area contributed by atoms with Crippen LogP contribution in [0.5, 0.6) is 0 Å². The highest BCUT2D eigenvalue weighted by molar-refractivity contribution is 7.89. The lowest BCUT2D eigenvalue weighted by atomic mass is 10.3. The standard InChI is InChI=1S/C13H15ClN2O2S2/c1-2-16-20(17,18)12-6-4-3-5-11(12)15-9-10-7-8-13(14)19-10/h3-8,15-16H,2,9H2,1H3. The Balaban J connectivity index is 2.20. The molecule has 4 nitrogen and oxygen atoms in total. The third kappa shape index (κ3) is 3.73. The van der Waals surface area contributed by atoms with E-state index in [1.807, 2.05) is 12.1 Å². The van der Waals surface area contributed by atoms with Gasteiger partial charge in [-0.2, -0.15) is 0 Å². The Morgan fingerprint density at radius 3 is 2.60 bits per heavy atom. The fourth-order valence-electron chi connectivity index (χ4n) is 1.74. The Bertz CT molecular complexity index is 683. The molecule has 0 spiro atoms. The van der Waals surface area contributed by atoms with Crippen LogP contribution >= 0.6 is 22.9 Å². The molecule has 0 aliphatic heterocycles. The van der Waals surface area contributed by atoms with Crippen LogP contribution in [0.3, 0.4) is 0 Å². The van der Waals surface area contributed by atoms with Gasteiger partial charge in [0.2, 0.25) is 10.0 Å². The zero-order valence-electron chi connectivity index (χ0n) is 10.9. The monoisotopic (exact) mass is 330 g/mol. The summed E-state index contributed by atoms with van der Waals surface area (Å²) in [7, 11) is -3.48. The summed E-state index contributed by atoms with van der Waals surface area (Å²) in [6.45, 7) is 2.65. The van der Waals surface area contributed by atoms with Crippen LogP contribution in [0.4, 0.5) is 5.69 Å². The van der Waals surface area contributed by atoms with Crippen molar-refractivity contribution in [3.8, 4) is 0 Å². The quantitative estimate of drug-likeness (QED) is 0.854. The van der Waals surface area contributed by atoms with Crippen LogP contribution in [0.15, 0.2) is 41.3 Å². The molecule has 0 fully saturated rings. The highest BCUT2D eigenvalue weighted by Gasteiger charge is 2.16. The van der Waals surface area contributed by atoms with Crippen LogP contribution < -0.4 is 10.0 Å². The van der Waals surface area contributed by atoms with Crippen LogP contribution in [0.1, 0.15) is 11.8 Å². The first-order valence-corrected chi connectivity index (χ1v) is 8.77. The third-order valence-electron chi connectivity index (χ3n) is 2.59. The number of para-hydroxylation sites is 1. The van der Waals surface area contributed by atoms with Gasteiger partial charge in [0.1, 0.15) is 4.90 Å². The van der Waals surface area contributed by atoms with Gasteiger partial charge in [-0.3, -0.25) is 0 Å². The Kier molecular flexibility index (Phi) is 5.04. The predicted octanol–water partition coefficient (Wildman–Crippen LogP) is 3.31. The van der Waals surface area contributed by atoms with E-state index in [1.165, 1.54) is 11.3 Å². The maximum Gasteiger partial charge on any atom is 0.242 e. The van der Waals surface area contributed by atoms with Gasteiger partial charge >= 0.3 is 0 Å². The molecule has 0 aliphatic carbocycles. The fourth-order valence-corrected chi connectivity index (χ4v) is 3.99. The number of anilines is 1. The van der Waals surface area contributed by atoms with Crippen molar-refractivity contribution < 1.29 is 8.42 Å². The summed E-state index contributed by atoms with van der Waals surface area (Å²) in [6, 6.07) is 10.6. The van der Waals surface area contributed by atoms with Crippen LogP contribution in [0, 0.1) is 0 Å². The van der Waals surface area contributed by atoms with Crippen molar-refractivity contribution in [3.05, 3.63) is 45.6 Å². The maximum atomic E-state index is 12.1. The Morgan fingerprint density at radius 1 is 1.20 bits per heavy atom. The van der Waals surface area contributed by atoms with E-state index in [-0.39, 0.29) is 4.90 Å². The molecule has 2 aromatic rings. The summed E-state index contributed by atoms with van der Waals surface area (Å²) < 4.78 is 27.4. The summed E-state index contributed by atoms with van der Waals surface area (Å²) in [4.78, 5) is 1.30. The molecule has 20 heavy (non-hydrogen) atoms. The average Bonchev–Trinajstić information content (AvgIpc) is 2.82. The van der Waals surface area contributed by atoms with Gasteiger partial charge in [0, 0.05) is 18.0 Å². The van der Waals surface area contributed by atoms with Crippen molar-refractivity contribution in [1.82, 2.24) is 4.72 Å². The van der Waals surface area contributed by atoms with Gasteiger partial charge in [-0.15, -0.1) is 11.3 Å². The highest BCUT2D eigenvalue weighted by Crippen LogP contribution is 2.25. The number of halogens is 1. The fraction of sp³-hybridized carbons (Fsp3) is 0.231. The van der Waals surface area contributed by atoms with Crippen molar-refractivity contribution in [3.63, 3.8) is 0 Å². The van der Waals surface area contributed by atoms with Crippen LogP contribution in [-0.4, -0.2) is 15.0 Å². The lowest BCUT2D eigenvalue weighted by molar-refractivity contribution is 0.584. The van der Waals surface area contributed by atoms with E-state index < -0.39 is 10.0 Å². The highest BCUT2D eigenvalue weighted by atomic mass is 35.5. The minimum Gasteiger partial charge on any atom is -0.379 e. The number of nitrogens with one attached hydrogen (secondary N) is 2. The number of hydrogen-bond acceptors (Lipinski definition) is 4. The molecule has 1 aromatic heterocycles. The number of hydrogen-bond donors (Lipinski definition) is 2. The Hall–Kier alpha value is -1.08. The van der Waals surface area contributed by atoms with Crippen molar-refractivity contribution in [2.75, 3.05) is 11.9 Å². The molecule has 1 aromatic carbocycles. The molecule has 7 heteroatoms. The number of rotatable bonds is 6. The summed E-state index contributed by atoms with van der Waals surface area (Å²) in [5.41, 5.74) is 0.581. The van der Waals surface area contributed by atoms with Gasteiger partial charge in [0.25, 0.3) is 0 Å². The second-order valence-corrected chi connectivity index (χ2v) is 7.59. The van der Waals surface area contributed by atoms with Crippen LogP contribution in [-0.2, 0) is 16.6 Å². The predicted molar refractivity (Wildman–Crippen MR) is 84.0 cm³/mol. The van der Waals surface area contributed by atoms with Gasteiger partial charge in [-0.25, -0.2) is 13.1 Å². The first kappa shape index (κ1) is 15.3. The van der Waals surface area contributed by atoms with Crippen LogP contribution in [0.25, 0.3) is 0 Å². The second-order valence-electron chi connectivity index (χ2n) is 4.06. The summed E-state index contributed by atoms with van der Waals surface area (Å²) >= 11 is 7.34. The third-order valence-corrected chi connectivity index (χ3v) is 5.43. The summed E-state index contributed by atoms with van der Waals surface area (Å²) in [5.74, 6) is 0. The minimum absolute atomic E-state index is 0.254. The van der Waals surface area contributed by atoms with Crippen molar-refractivity contribution in [2.24, 2.45) is 0 Å². The minimum atomic E-state index is -3.48. The molecule has 1 heterocycles. The zero-order chi connectivity index (χ0) is 14.6. The molecule has 0 unspecified atom stereocenters. The van der Waals surface area contributed by atoms with E-state index in [0.29, 0.717) is 18.8 Å². The second kappa shape index (κ2) is 6.58. The molecule has 0 atom stereocenters. The number of thiophene rings is 1. The lowest BCUT2D eigenvalue weighted by Crippen LogP contribution is -2.24. The van der Waals surface area contributed by atoms with Gasteiger partial charge < -0.3 is 5.32 Å². The Labute approximate surface area is 127 Å². The molecule has 0 amide bonds. The topological polar surface area (TPSA) is 58.2 Å². The largest absolute Gasteiger partial charge is 0.379 e. The van der Waals surface area contributed by atoms with E-state index in [2.05, 4.69) is 10.0 Å². The normalized spacial score (nSPS) is 11.5.